The van der Waals surface area contributed by atoms with Crippen molar-refractivity contribution in [2.75, 3.05) is 0 Å². The Labute approximate surface area is 99.0 Å². The van der Waals surface area contributed by atoms with Gasteiger partial charge in [-0.25, -0.2) is 0 Å². The van der Waals surface area contributed by atoms with Gasteiger partial charge < -0.3 is 4.74 Å². The molecule has 0 bridgehead atoms. The number of benzene rings is 1. The van der Waals surface area contributed by atoms with E-state index in [0.29, 0.717) is 0 Å². The van der Waals surface area contributed by atoms with E-state index in [-0.39, 0.29) is 6.42 Å². The fraction of sp³-hybridized carbons (Fsp3) is 0.250. The minimum absolute atomic E-state index is 0.213. The molecule has 17 heavy (non-hydrogen) atoms. The summed E-state index contributed by atoms with van der Waals surface area (Å²) in [6.45, 7) is 1.65. The van der Waals surface area contributed by atoms with E-state index in [1.54, 1.807) is 6.92 Å². The lowest BCUT2D eigenvalue weighted by Crippen LogP contribution is -2.12. The van der Waals surface area contributed by atoms with Gasteiger partial charge in [0.1, 0.15) is 0 Å². The number of esters is 1. The molecule has 0 aromatic heterocycles. The van der Waals surface area contributed by atoms with Crippen molar-refractivity contribution < 1.29 is 9.53 Å². The largest absolute Gasteiger partial charge is 0.443 e. The van der Waals surface area contributed by atoms with Crippen LogP contribution in [0.25, 0.3) is 10.4 Å². The standard InChI is InChI=1S/C12H11N3O2/c1-2-12(16)17-11(14-15-13)9-8-10-6-4-3-5-7-10/h3-7,11H,2H2,1H3. The molecule has 1 atom stereocenters. The number of carbonyl (C=O) groups is 1. The molecule has 0 N–H and O–H groups in total. The quantitative estimate of drug-likeness (QED) is 0.262. The molecular weight excluding hydrogens is 218 g/mol. The summed E-state index contributed by atoms with van der Waals surface area (Å²) >= 11 is 0. The van der Waals surface area contributed by atoms with Crippen molar-refractivity contribution in [1.82, 2.24) is 0 Å². The maximum Gasteiger partial charge on any atom is 0.306 e. The van der Waals surface area contributed by atoms with Gasteiger partial charge in [-0.15, -0.1) is 0 Å². The van der Waals surface area contributed by atoms with Gasteiger partial charge in [0.05, 0.1) is 0 Å². The highest BCUT2D eigenvalue weighted by Gasteiger charge is 2.07. The summed E-state index contributed by atoms with van der Waals surface area (Å²) in [5.41, 5.74) is 9.08. The molecule has 1 unspecified atom stereocenters. The first kappa shape index (κ1) is 12.6. The molecule has 0 aliphatic carbocycles. The molecule has 0 saturated carbocycles. The second-order valence-electron chi connectivity index (χ2n) is 3.04. The minimum atomic E-state index is -1.08. The van der Waals surface area contributed by atoms with Crippen LogP contribution in [0.4, 0.5) is 0 Å². The van der Waals surface area contributed by atoms with Gasteiger partial charge in [-0.1, -0.05) is 31.0 Å². The molecular formula is C12H11N3O2. The third kappa shape index (κ3) is 4.74. The third-order valence-corrected chi connectivity index (χ3v) is 1.80. The molecule has 0 radical (unpaired) electrons. The van der Waals surface area contributed by atoms with E-state index < -0.39 is 12.2 Å². The fourth-order valence-corrected chi connectivity index (χ4v) is 1.00. The van der Waals surface area contributed by atoms with Crippen LogP contribution in [0, 0.1) is 11.8 Å². The summed E-state index contributed by atoms with van der Waals surface area (Å²) in [5.74, 6) is 4.90. The SMILES string of the molecule is CCC(=O)OC(C#Cc1ccccc1)N=[N+]=[N-]. The van der Waals surface area contributed by atoms with Gasteiger partial charge in [0.15, 0.2) is 0 Å². The zero-order valence-corrected chi connectivity index (χ0v) is 9.33. The first-order chi connectivity index (χ1) is 8.26. The summed E-state index contributed by atoms with van der Waals surface area (Å²) in [6.07, 6.45) is -0.863. The van der Waals surface area contributed by atoms with Crippen molar-refractivity contribution >= 4 is 5.97 Å². The van der Waals surface area contributed by atoms with Gasteiger partial charge >= 0.3 is 5.97 Å². The van der Waals surface area contributed by atoms with Crippen LogP contribution in [-0.4, -0.2) is 12.2 Å². The first-order valence-corrected chi connectivity index (χ1v) is 5.06. The Morgan fingerprint density at radius 3 is 2.82 bits per heavy atom. The van der Waals surface area contributed by atoms with Gasteiger partial charge in [-0.05, 0) is 28.7 Å². The maximum atomic E-state index is 11.0. The van der Waals surface area contributed by atoms with Crippen LogP contribution in [0.1, 0.15) is 18.9 Å². The molecule has 0 aliphatic rings. The van der Waals surface area contributed by atoms with Crippen LogP contribution in [0.2, 0.25) is 0 Å². The highest BCUT2D eigenvalue weighted by molar-refractivity contribution is 5.69. The van der Waals surface area contributed by atoms with Crippen LogP contribution in [-0.2, 0) is 9.53 Å². The lowest BCUT2D eigenvalue weighted by atomic mass is 10.2. The summed E-state index contributed by atoms with van der Waals surface area (Å²) in [5, 5.41) is 3.29. The zero-order valence-electron chi connectivity index (χ0n) is 9.33. The smallest absolute Gasteiger partial charge is 0.306 e. The van der Waals surface area contributed by atoms with Crippen molar-refractivity contribution in [3.8, 4) is 11.8 Å². The molecule has 1 aromatic carbocycles. The van der Waals surface area contributed by atoms with Crippen molar-refractivity contribution in [2.24, 2.45) is 5.11 Å². The normalized spacial score (nSPS) is 10.4. The number of ether oxygens (including phenoxy) is 1. The molecule has 1 aromatic rings. The van der Waals surface area contributed by atoms with E-state index in [2.05, 4.69) is 21.9 Å². The highest BCUT2D eigenvalue weighted by Crippen LogP contribution is 1.99. The van der Waals surface area contributed by atoms with E-state index in [1.807, 2.05) is 30.3 Å². The Kier molecular flexibility index (Phi) is 5.15. The first-order valence-electron chi connectivity index (χ1n) is 5.06. The second kappa shape index (κ2) is 6.94. The molecule has 0 heterocycles. The predicted molar refractivity (Wildman–Crippen MR) is 62.6 cm³/mol. The molecule has 5 heteroatoms. The lowest BCUT2D eigenvalue weighted by Gasteiger charge is -2.04. The number of hydrogen-bond acceptors (Lipinski definition) is 3. The van der Waals surface area contributed by atoms with Crippen molar-refractivity contribution in [3.63, 3.8) is 0 Å². The van der Waals surface area contributed by atoms with E-state index in [1.165, 1.54) is 0 Å². The molecule has 0 spiro atoms. The van der Waals surface area contributed by atoms with Crippen molar-refractivity contribution in [2.45, 2.75) is 19.6 Å². The molecule has 0 saturated heterocycles. The summed E-state index contributed by atoms with van der Waals surface area (Å²) in [4.78, 5) is 13.6. The van der Waals surface area contributed by atoms with E-state index in [0.717, 1.165) is 5.56 Å². The van der Waals surface area contributed by atoms with Crippen molar-refractivity contribution in [1.29, 1.82) is 0 Å². The molecule has 0 amide bonds. The Bertz CT molecular complexity index is 481. The summed E-state index contributed by atoms with van der Waals surface area (Å²) in [6, 6.07) is 9.16. The van der Waals surface area contributed by atoms with Crippen LogP contribution in [0.15, 0.2) is 35.4 Å². The average molecular weight is 229 g/mol. The Morgan fingerprint density at radius 2 is 2.24 bits per heavy atom. The minimum Gasteiger partial charge on any atom is -0.443 e. The van der Waals surface area contributed by atoms with E-state index >= 15 is 0 Å². The summed E-state index contributed by atoms with van der Waals surface area (Å²) in [7, 11) is 0. The van der Waals surface area contributed by atoms with Crippen LogP contribution < -0.4 is 0 Å². The Hall–Kier alpha value is -2.44. The van der Waals surface area contributed by atoms with Crippen LogP contribution in [0.3, 0.4) is 0 Å². The number of hydrogen-bond donors (Lipinski definition) is 0. The molecule has 5 nitrogen and oxygen atoms in total. The van der Waals surface area contributed by atoms with Crippen molar-refractivity contribution in [3.05, 3.63) is 46.3 Å². The van der Waals surface area contributed by atoms with E-state index in [4.69, 9.17) is 10.3 Å². The van der Waals surface area contributed by atoms with Gasteiger partial charge in [-0.2, -0.15) is 0 Å². The molecule has 0 fully saturated rings. The monoisotopic (exact) mass is 229 g/mol. The zero-order chi connectivity index (χ0) is 12.5. The van der Waals surface area contributed by atoms with Gasteiger partial charge in [0.25, 0.3) is 0 Å². The Balaban J connectivity index is 2.77. The van der Waals surface area contributed by atoms with Crippen LogP contribution >= 0.6 is 0 Å². The summed E-state index contributed by atoms with van der Waals surface area (Å²) < 4.78 is 4.83. The van der Waals surface area contributed by atoms with Gasteiger partial charge in [0, 0.05) is 16.9 Å². The molecule has 86 valence electrons. The number of azide groups is 1. The maximum absolute atomic E-state index is 11.0. The third-order valence-electron chi connectivity index (χ3n) is 1.80. The molecule has 1 rings (SSSR count). The highest BCUT2D eigenvalue weighted by atomic mass is 16.6. The second-order valence-corrected chi connectivity index (χ2v) is 3.04. The number of rotatable bonds is 3. The number of carbonyl (C=O) groups excluding carboxylic acids is 1. The topological polar surface area (TPSA) is 75.1 Å². The molecule has 0 aliphatic heterocycles. The predicted octanol–water partition coefficient (Wildman–Crippen LogP) is 2.63. The lowest BCUT2D eigenvalue weighted by molar-refractivity contribution is -0.145. The van der Waals surface area contributed by atoms with Gasteiger partial charge in [-0.3, -0.25) is 4.79 Å². The van der Waals surface area contributed by atoms with Gasteiger partial charge in [0.2, 0.25) is 6.23 Å². The van der Waals surface area contributed by atoms with E-state index in [9.17, 15) is 4.79 Å². The van der Waals surface area contributed by atoms with Crippen LogP contribution in [0.5, 0.6) is 0 Å². The number of nitrogens with zero attached hydrogens (tertiary/aromatic N) is 3. The average Bonchev–Trinajstić information content (AvgIpc) is 2.37. The Morgan fingerprint density at radius 1 is 1.53 bits per heavy atom. The fourth-order valence-electron chi connectivity index (χ4n) is 1.00.